The van der Waals surface area contributed by atoms with Gasteiger partial charge in [-0.25, -0.2) is 4.57 Å². The van der Waals surface area contributed by atoms with Gasteiger partial charge >= 0.3 is 6.01 Å². The first-order valence-corrected chi connectivity index (χ1v) is 9.81. The average molecular weight is 383 g/mol. The van der Waals surface area contributed by atoms with Gasteiger partial charge in [0.15, 0.2) is 0 Å². The highest BCUT2D eigenvalue weighted by Gasteiger charge is 2.16. The Morgan fingerprint density at radius 3 is 2.14 bits per heavy atom. The molecule has 146 valence electrons. The second kappa shape index (κ2) is 7.92. The zero-order valence-electron chi connectivity index (χ0n) is 17.0. The monoisotopic (exact) mass is 383 g/mol. The number of aromatic nitrogens is 2. The van der Waals surface area contributed by atoms with Gasteiger partial charge in [0.2, 0.25) is 0 Å². The summed E-state index contributed by atoms with van der Waals surface area (Å²) in [5.41, 5.74) is 3.52. The van der Waals surface area contributed by atoms with Crippen LogP contribution in [0.15, 0.2) is 89.9 Å². The van der Waals surface area contributed by atoms with Gasteiger partial charge in [0.25, 0.3) is 0 Å². The van der Waals surface area contributed by atoms with Crippen molar-refractivity contribution in [3.8, 4) is 11.7 Å². The highest BCUT2D eigenvalue weighted by molar-refractivity contribution is 5.78. The van der Waals surface area contributed by atoms with Crippen LogP contribution >= 0.6 is 0 Å². The van der Waals surface area contributed by atoms with Gasteiger partial charge in [-0.15, -0.1) is 0 Å². The van der Waals surface area contributed by atoms with Crippen LogP contribution in [0.2, 0.25) is 0 Å². The molecule has 4 heteroatoms. The molecule has 0 amide bonds. The summed E-state index contributed by atoms with van der Waals surface area (Å²) in [7, 11) is 0. The van der Waals surface area contributed by atoms with E-state index in [-0.39, 0.29) is 5.54 Å². The van der Waals surface area contributed by atoms with Crippen LogP contribution in [0.1, 0.15) is 26.3 Å². The second-order valence-corrected chi connectivity index (χ2v) is 7.96. The van der Waals surface area contributed by atoms with Crippen LogP contribution in [0, 0.1) is 0 Å². The van der Waals surface area contributed by atoms with Crippen molar-refractivity contribution in [3.63, 3.8) is 0 Å². The molecule has 0 aliphatic rings. The zero-order chi connectivity index (χ0) is 20.3. The molecule has 0 unspecified atom stereocenters. The van der Waals surface area contributed by atoms with E-state index >= 15 is 0 Å². The molecule has 4 aromatic rings. The van der Waals surface area contributed by atoms with Gasteiger partial charge in [-0.3, -0.25) is 4.99 Å². The average Bonchev–Trinajstić information content (AvgIpc) is 2.72. The molecule has 0 fully saturated rings. The summed E-state index contributed by atoms with van der Waals surface area (Å²) in [4.78, 5) is 9.89. The van der Waals surface area contributed by atoms with Crippen LogP contribution < -0.4 is 10.2 Å². The van der Waals surface area contributed by atoms with Crippen LogP contribution in [0.25, 0.3) is 16.6 Å². The van der Waals surface area contributed by atoms with Crippen LogP contribution in [-0.4, -0.2) is 15.1 Å². The molecule has 4 nitrogen and oxygen atoms in total. The molecule has 0 aliphatic carbocycles. The molecular formula is C25H25N3O. The molecule has 0 saturated carbocycles. The van der Waals surface area contributed by atoms with Gasteiger partial charge < -0.3 is 4.74 Å². The number of nitrogens with zero attached hydrogens (tertiary/aromatic N) is 3. The van der Waals surface area contributed by atoms with E-state index in [0.29, 0.717) is 12.6 Å². The number of rotatable bonds is 4. The van der Waals surface area contributed by atoms with Gasteiger partial charge in [0, 0.05) is 5.39 Å². The minimum absolute atomic E-state index is 0.253. The first-order chi connectivity index (χ1) is 14.0. The molecule has 0 N–H and O–H groups in total. The van der Waals surface area contributed by atoms with Crippen LogP contribution in [0.3, 0.4) is 0 Å². The topological polar surface area (TPSA) is 39.4 Å². The van der Waals surface area contributed by atoms with Crippen molar-refractivity contribution in [2.45, 2.75) is 32.9 Å². The van der Waals surface area contributed by atoms with E-state index in [0.717, 1.165) is 27.6 Å². The Kier molecular flexibility index (Phi) is 5.17. The van der Waals surface area contributed by atoms with Gasteiger partial charge in [-0.2, -0.15) is 4.98 Å². The van der Waals surface area contributed by atoms with E-state index < -0.39 is 0 Å². The Hall–Kier alpha value is -3.40. The van der Waals surface area contributed by atoms with Crippen molar-refractivity contribution in [1.82, 2.24) is 9.55 Å². The van der Waals surface area contributed by atoms with Crippen LogP contribution in [-0.2, 0) is 6.61 Å². The highest BCUT2D eigenvalue weighted by Crippen LogP contribution is 2.20. The van der Waals surface area contributed by atoms with Crippen molar-refractivity contribution >= 4 is 10.9 Å². The van der Waals surface area contributed by atoms with Gasteiger partial charge in [0.1, 0.15) is 12.1 Å². The molecule has 0 bridgehead atoms. The van der Waals surface area contributed by atoms with Crippen molar-refractivity contribution in [2.24, 2.45) is 4.99 Å². The standard InChI is InChI=1S/C25H25N3O/c1-25(2,3)27-23-21-16-10-11-17-22(21)26-24(28(23)20-14-8-5-9-15-20)29-18-19-12-6-4-7-13-19/h4-17H,18H2,1-3H3. The third-order valence-corrected chi connectivity index (χ3v) is 4.43. The number of para-hydroxylation sites is 2. The maximum Gasteiger partial charge on any atom is 0.303 e. The Morgan fingerprint density at radius 2 is 1.45 bits per heavy atom. The number of hydrogen-bond acceptors (Lipinski definition) is 3. The third kappa shape index (κ3) is 4.37. The summed E-state index contributed by atoms with van der Waals surface area (Å²) in [6, 6.07) is 28.9. The lowest BCUT2D eigenvalue weighted by Gasteiger charge is -2.19. The molecule has 1 aromatic heterocycles. The molecule has 4 rings (SSSR count). The molecule has 0 atom stereocenters. The normalized spacial score (nSPS) is 12.3. The first-order valence-electron chi connectivity index (χ1n) is 9.81. The minimum atomic E-state index is -0.253. The Labute approximate surface area is 171 Å². The largest absolute Gasteiger partial charge is 0.459 e. The van der Waals surface area contributed by atoms with Crippen molar-refractivity contribution < 1.29 is 4.74 Å². The second-order valence-electron chi connectivity index (χ2n) is 7.96. The Bertz CT molecular complexity index is 1170. The maximum absolute atomic E-state index is 6.23. The third-order valence-electron chi connectivity index (χ3n) is 4.43. The minimum Gasteiger partial charge on any atom is -0.459 e. The molecule has 0 spiro atoms. The Morgan fingerprint density at radius 1 is 0.828 bits per heavy atom. The maximum atomic E-state index is 6.23. The molecule has 0 aliphatic heterocycles. The quantitative estimate of drug-likeness (QED) is 0.479. The lowest BCUT2D eigenvalue weighted by molar-refractivity contribution is 0.272. The smallest absolute Gasteiger partial charge is 0.303 e. The summed E-state index contributed by atoms with van der Waals surface area (Å²) in [5, 5.41) is 0.998. The predicted molar refractivity (Wildman–Crippen MR) is 117 cm³/mol. The number of benzene rings is 3. The van der Waals surface area contributed by atoms with E-state index in [1.807, 2.05) is 83.4 Å². The predicted octanol–water partition coefficient (Wildman–Crippen LogP) is 5.30. The summed E-state index contributed by atoms with van der Waals surface area (Å²) < 4.78 is 8.24. The van der Waals surface area contributed by atoms with E-state index in [2.05, 4.69) is 26.8 Å². The number of hydrogen-bond donors (Lipinski definition) is 0. The molecule has 29 heavy (non-hydrogen) atoms. The fourth-order valence-electron chi connectivity index (χ4n) is 3.18. The van der Waals surface area contributed by atoms with Crippen molar-refractivity contribution in [3.05, 3.63) is 96.0 Å². The molecule has 0 radical (unpaired) electrons. The van der Waals surface area contributed by atoms with E-state index in [1.165, 1.54) is 0 Å². The number of ether oxygens (including phenoxy) is 1. The lowest BCUT2D eigenvalue weighted by atomic mass is 10.1. The van der Waals surface area contributed by atoms with E-state index in [9.17, 15) is 0 Å². The van der Waals surface area contributed by atoms with Gasteiger partial charge in [-0.1, -0.05) is 60.7 Å². The molecule has 3 aromatic carbocycles. The number of fused-ring (bicyclic) bond motifs is 1. The molecule has 0 saturated heterocycles. The summed E-state index contributed by atoms with van der Waals surface area (Å²) in [5.74, 6) is 0. The first kappa shape index (κ1) is 18.9. The fraction of sp³-hybridized carbons (Fsp3) is 0.200. The summed E-state index contributed by atoms with van der Waals surface area (Å²) in [6.45, 7) is 6.74. The van der Waals surface area contributed by atoms with Gasteiger partial charge in [-0.05, 0) is 50.6 Å². The zero-order valence-corrected chi connectivity index (χ0v) is 17.0. The summed E-state index contributed by atoms with van der Waals surface area (Å²) in [6.07, 6.45) is 0. The van der Waals surface area contributed by atoms with Crippen molar-refractivity contribution in [2.75, 3.05) is 0 Å². The van der Waals surface area contributed by atoms with Gasteiger partial charge in [0.05, 0.1) is 16.7 Å². The molecular weight excluding hydrogens is 358 g/mol. The van der Waals surface area contributed by atoms with Crippen molar-refractivity contribution in [1.29, 1.82) is 0 Å². The lowest BCUT2D eigenvalue weighted by Crippen LogP contribution is -2.28. The SMILES string of the molecule is CC(C)(C)N=c1c2ccccc2nc(OCc2ccccc2)n1-c1ccccc1. The Balaban J connectivity index is 1.97. The van der Waals surface area contributed by atoms with Crippen LogP contribution in [0.5, 0.6) is 6.01 Å². The molecule has 1 heterocycles. The summed E-state index contributed by atoms with van der Waals surface area (Å²) >= 11 is 0. The van der Waals surface area contributed by atoms with E-state index in [4.69, 9.17) is 14.7 Å². The van der Waals surface area contributed by atoms with Crippen LogP contribution in [0.4, 0.5) is 0 Å². The fourth-order valence-corrected chi connectivity index (χ4v) is 3.18. The highest BCUT2D eigenvalue weighted by atomic mass is 16.5. The van der Waals surface area contributed by atoms with E-state index in [1.54, 1.807) is 0 Å².